The van der Waals surface area contributed by atoms with Crippen LogP contribution in [-0.4, -0.2) is 23.1 Å². The first-order valence-corrected chi connectivity index (χ1v) is 7.69. The van der Waals surface area contributed by atoms with Crippen LogP contribution in [0.5, 0.6) is 0 Å². The first kappa shape index (κ1) is 16.8. The summed E-state index contributed by atoms with van der Waals surface area (Å²) >= 11 is 0. The molecule has 1 heterocycles. The number of amides is 1. The Bertz CT molecular complexity index is 476. The van der Waals surface area contributed by atoms with Gasteiger partial charge >= 0.3 is 6.18 Å². The molecule has 0 aromatic carbocycles. The molecule has 0 bridgehead atoms. The first-order valence-electron chi connectivity index (χ1n) is 7.69. The molecule has 1 aliphatic rings. The minimum atomic E-state index is -4.17. The summed E-state index contributed by atoms with van der Waals surface area (Å²) in [6.07, 6.45) is 2.07. The number of hydrogen-bond acceptors (Lipinski definition) is 2. The predicted molar refractivity (Wildman–Crippen MR) is 77.1 cm³/mol. The molecule has 2 rings (SSSR count). The molecule has 0 radical (unpaired) electrons. The van der Waals surface area contributed by atoms with Crippen LogP contribution in [0.4, 0.5) is 13.2 Å². The molecule has 6 heteroatoms. The van der Waals surface area contributed by atoms with Gasteiger partial charge in [0.05, 0.1) is 0 Å². The zero-order valence-corrected chi connectivity index (χ0v) is 12.4. The van der Waals surface area contributed by atoms with E-state index in [0.717, 1.165) is 18.4 Å². The van der Waals surface area contributed by atoms with Gasteiger partial charge in [0.1, 0.15) is 0 Å². The summed E-state index contributed by atoms with van der Waals surface area (Å²) in [5.74, 6) is -0.668. The van der Waals surface area contributed by atoms with Gasteiger partial charge in [0.25, 0.3) is 0 Å². The second kappa shape index (κ2) is 7.61. The van der Waals surface area contributed by atoms with Crippen LogP contribution in [0.1, 0.15) is 44.1 Å². The van der Waals surface area contributed by atoms with E-state index >= 15 is 0 Å². The lowest BCUT2D eigenvalue weighted by atomic mass is 9.82. The number of pyridine rings is 1. The molecule has 0 saturated heterocycles. The maximum Gasteiger partial charge on any atom is 0.389 e. The highest BCUT2D eigenvalue weighted by atomic mass is 19.4. The van der Waals surface area contributed by atoms with Crippen LogP contribution in [0.3, 0.4) is 0 Å². The lowest BCUT2D eigenvalue weighted by molar-refractivity contribution is -0.150. The van der Waals surface area contributed by atoms with E-state index < -0.39 is 18.5 Å². The van der Waals surface area contributed by atoms with Gasteiger partial charge in [0.2, 0.25) is 5.91 Å². The van der Waals surface area contributed by atoms with E-state index in [-0.39, 0.29) is 18.4 Å². The molecule has 2 atom stereocenters. The fraction of sp³-hybridized carbons (Fsp3) is 0.625. The number of nitrogens with zero attached hydrogens (tertiary/aromatic N) is 1. The number of halogens is 3. The van der Waals surface area contributed by atoms with E-state index in [9.17, 15) is 18.0 Å². The summed E-state index contributed by atoms with van der Waals surface area (Å²) in [4.78, 5) is 16.0. The summed E-state index contributed by atoms with van der Waals surface area (Å²) in [5, 5.41) is 2.80. The van der Waals surface area contributed by atoms with Crippen molar-refractivity contribution in [3.05, 3.63) is 30.1 Å². The lowest BCUT2D eigenvalue weighted by Crippen LogP contribution is -2.43. The standard InChI is InChI=1S/C16H21F3N2O/c17-16(18,19)10-13-5-1-2-6-14(13)21-15(22)8-7-12-4-3-9-20-11-12/h3-4,9,11,13-14H,1-2,5-8,10H2,(H,21,22)/t13-,14-/m0/s1. The average molecular weight is 314 g/mol. The Balaban J connectivity index is 1.83. The van der Waals surface area contributed by atoms with Crippen LogP contribution in [0, 0.1) is 5.92 Å². The largest absolute Gasteiger partial charge is 0.389 e. The Morgan fingerprint density at radius 2 is 2.09 bits per heavy atom. The van der Waals surface area contributed by atoms with Crippen LogP contribution in [0.15, 0.2) is 24.5 Å². The monoisotopic (exact) mass is 314 g/mol. The highest BCUT2D eigenvalue weighted by Crippen LogP contribution is 2.34. The number of alkyl halides is 3. The van der Waals surface area contributed by atoms with Gasteiger partial charge in [-0.3, -0.25) is 9.78 Å². The quantitative estimate of drug-likeness (QED) is 0.901. The van der Waals surface area contributed by atoms with Crippen molar-refractivity contribution in [1.29, 1.82) is 0 Å². The fourth-order valence-corrected chi connectivity index (χ4v) is 3.02. The lowest BCUT2D eigenvalue weighted by Gasteiger charge is -2.32. The van der Waals surface area contributed by atoms with Crippen LogP contribution in [0.25, 0.3) is 0 Å². The van der Waals surface area contributed by atoms with Crippen molar-refractivity contribution in [2.75, 3.05) is 0 Å². The third-order valence-electron chi connectivity index (χ3n) is 4.11. The minimum absolute atomic E-state index is 0.178. The van der Waals surface area contributed by atoms with Gasteiger partial charge in [-0.25, -0.2) is 0 Å². The van der Waals surface area contributed by atoms with E-state index in [2.05, 4.69) is 10.3 Å². The topological polar surface area (TPSA) is 42.0 Å². The summed E-state index contributed by atoms with van der Waals surface area (Å²) in [6, 6.07) is 3.33. The van der Waals surface area contributed by atoms with Gasteiger partial charge in [-0.05, 0) is 36.8 Å². The number of carbonyl (C=O) groups excluding carboxylic acids is 1. The second-order valence-electron chi connectivity index (χ2n) is 5.90. The molecule has 122 valence electrons. The van der Waals surface area contributed by atoms with Gasteiger partial charge < -0.3 is 5.32 Å². The first-order chi connectivity index (χ1) is 10.4. The molecule has 1 aliphatic carbocycles. The third kappa shape index (κ3) is 5.66. The maximum absolute atomic E-state index is 12.6. The Hall–Kier alpha value is -1.59. The molecular formula is C16H21F3N2O. The van der Waals surface area contributed by atoms with Gasteiger partial charge in [-0.15, -0.1) is 0 Å². The average Bonchev–Trinajstić information content (AvgIpc) is 2.47. The molecule has 1 aromatic heterocycles. The van der Waals surface area contributed by atoms with Crippen LogP contribution < -0.4 is 5.32 Å². The predicted octanol–water partition coefficient (Wildman–Crippen LogP) is 3.64. The Labute approximate surface area is 128 Å². The van der Waals surface area contributed by atoms with Crippen molar-refractivity contribution in [2.45, 2.75) is 57.2 Å². The number of rotatable bonds is 5. The molecule has 1 saturated carbocycles. The molecule has 1 N–H and O–H groups in total. The van der Waals surface area contributed by atoms with Crippen molar-refractivity contribution in [3.8, 4) is 0 Å². The van der Waals surface area contributed by atoms with E-state index in [0.29, 0.717) is 19.3 Å². The van der Waals surface area contributed by atoms with Gasteiger partial charge in [-0.1, -0.05) is 18.9 Å². The third-order valence-corrected chi connectivity index (χ3v) is 4.11. The Morgan fingerprint density at radius 1 is 1.32 bits per heavy atom. The van der Waals surface area contributed by atoms with Crippen LogP contribution in [-0.2, 0) is 11.2 Å². The molecule has 1 amide bonds. The summed E-state index contributed by atoms with van der Waals surface area (Å²) in [6.45, 7) is 0. The number of aromatic nitrogens is 1. The molecule has 22 heavy (non-hydrogen) atoms. The molecule has 0 aliphatic heterocycles. The number of nitrogens with one attached hydrogen (secondary N) is 1. The zero-order valence-electron chi connectivity index (χ0n) is 12.4. The Morgan fingerprint density at radius 3 is 2.77 bits per heavy atom. The van der Waals surface area contributed by atoms with Crippen molar-refractivity contribution < 1.29 is 18.0 Å². The van der Waals surface area contributed by atoms with Crippen molar-refractivity contribution >= 4 is 5.91 Å². The van der Waals surface area contributed by atoms with Gasteiger partial charge in [0.15, 0.2) is 0 Å². The van der Waals surface area contributed by atoms with Gasteiger partial charge in [0, 0.05) is 31.3 Å². The highest BCUT2D eigenvalue weighted by molar-refractivity contribution is 5.76. The molecular weight excluding hydrogens is 293 g/mol. The van der Waals surface area contributed by atoms with E-state index in [1.807, 2.05) is 6.07 Å². The highest BCUT2D eigenvalue weighted by Gasteiger charge is 2.37. The maximum atomic E-state index is 12.6. The number of aryl methyl sites for hydroxylation is 1. The fourth-order valence-electron chi connectivity index (χ4n) is 3.02. The molecule has 3 nitrogen and oxygen atoms in total. The number of hydrogen-bond donors (Lipinski definition) is 1. The van der Waals surface area contributed by atoms with Crippen LogP contribution >= 0.6 is 0 Å². The van der Waals surface area contributed by atoms with Crippen LogP contribution in [0.2, 0.25) is 0 Å². The second-order valence-corrected chi connectivity index (χ2v) is 5.90. The Kier molecular flexibility index (Phi) is 5.80. The SMILES string of the molecule is O=C(CCc1cccnc1)N[C@H]1CCCC[C@H]1CC(F)(F)F. The van der Waals surface area contributed by atoms with E-state index in [4.69, 9.17) is 0 Å². The van der Waals surface area contributed by atoms with Gasteiger partial charge in [-0.2, -0.15) is 13.2 Å². The smallest absolute Gasteiger partial charge is 0.353 e. The van der Waals surface area contributed by atoms with Crippen molar-refractivity contribution in [2.24, 2.45) is 5.92 Å². The molecule has 0 unspecified atom stereocenters. The molecule has 1 aromatic rings. The molecule has 1 fully saturated rings. The zero-order chi connectivity index (χ0) is 16.0. The molecule has 0 spiro atoms. The normalized spacial score (nSPS) is 22.3. The summed E-state index contributed by atoms with van der Waals surface area (Å²) in [7, 11) is 0. The number of carbonyl (C=O) groups is 1. The van der Waals surface area contributed by atoms with Crippen molar-refractivity contribution in [3.63, 3.8) is 0 Å². The van der Waals surface area contributed by atoms with Crippen molar-refractivity contribution in [1.82, 2.24) is 10.3 Å². The van der Waals surface area contributed by atoms with E-state index in [1.54, 1.807) is 18.5 Å². The summed E-state index contributed by atoms with van der Waals surface area (Å²) < 4.78 is 37.8. The minimum Gasteiger partial charge on any atom is -0.353 e. The van der Waals surface area contributed by atoms with E-state index in [1.165, 1.54) is 0 Å². The summed E-state index contributed by atoms with van der Waals surface area (Å²) in [5.41, 5.74) is 0.952.